The van der Waals surface area contributed by atoms with Crippen molar-refractivity contribution in [1.29, 1.82) is 0 Å². The van der Waals surface area contributed by atoms with Crippen LogP contribution in [-0.4, -0.2) is 23.1 Å². The van der Waals surface area contributed by atoms with Gasteiger partial charge < -0.3 is 15.0 Å². The summed E-state index contributed by atoms with van der Waals surface area (Å²) in [5.41, 5.74) is 5.18. The first-order chi connectivity index (χ1) is 10.2. The lowest BCUT2D eigenvalue weighted by atomic mass is 10.1. The van der Waals surface area contributed by atoms with E-state index in [0.29, 0.717) is 6.61 Å². The number of anilines is 1. The highest BCUT2D eigenvalue weighted by atomic mass is 79.9. The highest BCUT2D eigenvalue weighted by molar-refractivity contribution is 9.10. The van der Waals surface area contributed by atoms with Gasteiger partial charge in [-0.3, -0.25) is 0 Å². The first-order valence-electron chi connectivity index (χ1n) is 6.88. The average Bonchev–Trinajstić information content (AvgIpc) is 2.90. The summed E-state index contributed by atoms with van der Waals surface area (Å²) in [5.74, 6) is 1.71. The Morgan fingerprint density at radius 2 is 2.19 bits per heavy atom. The zero-order valence-corrected chi connectivity index (χ0v) is 13.1. The van der Waals surface area contributed by atoms with Crippen molar-refractivity contribution in [3.05, 3.63) is 40.4 Å². The molecule has 3 aromatic rings. The Balaban J connectivity index is 1.93. The van der Waals surface area contributed by atoms with Crippen LogP contribution in [0.5, 0.6) is 5.75 Å². The Morgan fingerprint density at radius 3 is 3.10 bits per heavy atom. The van der Waals surface area contributed by atoms with Gasteiger partial charge >= 0.3 is 0 Å². The number of aromatic amines is 1. The number of rotatable bonds is 1. The molecule has 0 aliphatic carbocycles. The number of hydrogen-bond acceptors (Lipinski definition) is 3. The van der Waals surface area contributed by atoms with Crippen molar-refractivity contribution in [2.24, 2.45) is 0 Å². The van der Waals surface area contributed by atoms with Crippen molar-refractivity contribution in [3.8, 4) is 17.1 Å². The van der Waals surface area contributed by atoms with Gasteiger partial charge in [-0.2, -0.15) is 0 Å². The fraction of sp³-hybridized carbons (Fsp3) is 0.188. The van der Waals surface area contributed by atoms with Crippen LogP contribution in [0, 0.1) is 6.92 Å². The number of nitrogens with one attached hydrogen (secondary N) is 2. The van der Waals surface area contributed by atoms with E-state index in [1.807, 2.05) is 24.3 Å². The number of hydrogen-bond donors (Lipinski definition) is 2. The fourth-order valence-electron chi connectivity index (χ4n) is 2.73. The molecule has 0 atom stereocenters. The summed E-state index contributed by atoms with van der Waals surface area (Å²) in [6.45, 7) is 3.58. The molecule has 106 valence electrons. The van der Waals surface area contributed by atoms with Gasteiger partial charge in [0.1, 0.15) is 12.4 Å². The second kappa shape index (κ2) is 4.77. The number of halogens is 1. The smallest absolute Gasteiger partial charge is 0.153 e. The van der Waals surface area contributed by atoms with Gasteiger partial charge in [0.2, 0.25) is 0 Å². The molecule has 0 fully saturated rings. The molecule has 0 saturated carbocycles. The number of fused-ring (bicyclic) bond motifs is 2. The lowest BCUT2D eigenvalue weighted by molar-refractivity contribution is 0.324. The number of nitrogens with zero attached hydrogens (tertiary/aromatic N) is 1. The zero-order valence-electron chi connectivity index (χ0n) is 11.5. The van der Waals surface area contributed by atoms with Gasteiger partial charge in [-0.05, 0) is 36.8 Å². The summed E-state index contributed by atoms with van der Waals surface area (Å²) >= 11 is 3.53. The van der Waals surface area contributed by atoms with Crippen molar-refractivity contribution in [1.82, 2.24) is 9.97 Å². The molecule has 2 N–H and O–H groups in total. The maximum atomic E-state index is 5.83. The molecule has 0 bridgehead atoms. The molecule has 1 aliphatic heterocycles. The largest absolute Gasteiger partial charge is 0.489 e. The van der Waals surface area contributed by atoms with Gasteiger partial charge in [-0.1, -0.05) is 22.0 Å². The standard InChI is InChI=1S/C16H14BrN3O/c1-9-7-10(17)8-13-14(9)20-16(19-13)11-3-2-4-12-15(11)21-6-5-18-12/h2-4,7-8,18H,5-6H2,1H3,(H,19,20). The monoisotopic (exact) mass is 343 g/mol. The second-order valence-electron chi connectivity index (χ2n) is 5.16. The number of para-hydroxylation sites is 1. The Labute approximate surface area is 130 Å². The maximum Gasteiger partial charge on any atom is 0.153 e. The summed E-state index contributed by atoms with van der Waals surface area (Å²) < 4.78 is 6.88. The van der Waals surface area contributed by atoms with E-state index in [1.54, 1.807) is 0 Å². The number of ether oxygens (including phenoxy) is 1. The van der Waals surface area contributed by atoms with Crippen LogP contribution in [0.1, 0.15) is 5.56 Å². The minimum Gasteiger partial charge on any atom is -0.489 e. The normalized spacial score (nSPS) is 13.6. The molecular formula is C16H14BrN3O. The number of H-pyrrole nitrogens is 1. The number of benzene rings is 2. The minimum absolute atomic E-state index is 0.675. The Hall–Kier alpha value is -2.01. The molecule has 0 unspecified atom stereocenters. The van der Waals surface area contributed by atoms with Crippen molar-refractivity contribution < 1.29 is 4.74 Å². The predicted octanol–water partition coefficient (Wildman–Crippen LogP) is 4.11. The van der Waals surface area contributed by atoms with Gasteiger partial charge in [0.25, 0.3) is 0 Å². The predicted molar refractivity (Wildman–Crippen MR) is 88.0 cm³/mol. The molecule has 0 amide bonds. The first kappa shape index (κ1) is 12.7. The highest BCUT2D eigenvalue weighted by Gasteiger charge is 2.18. The van der Waals surface area contributed by atoms with E-state index in [0.717, 1.165) is 50.4 Å². The van der Waals surface area contributed by atoms with Gasteiger partial charge in [-0.25, -0.2) is 4.98 Å². The van der Waals surface area contributed by atoms with Crippen LogP contribution in [0.4, 0.5) is 5.69 Å². The summed E-state index contributed by atoms with van der Waals surface area (Å²) in [5, 5.41) is 3.35. The van der Waals surface area contributed by atoms with E-state index < -0.39 is 0 Å². The molecule has 1 aliphatic rings. The molecule has 2 heterocycles. The van der Waals surface area contributed by atoms with Crippen molar-refractivity contribution in [3.63, 3.8) is 0 Å². The molecule has 1 aromatic heterocycles. The van der Waals surface area contributed by atoms with E-state index in [-0.39, 0.29) is 0 Å². The number of aromatic nitrogens is 2. The van der Waals surface area contributed by atoms with Crippen LogP contribution in [0.2, 0.25) is 0 Å². The molecular weight excluding hydrogens is 330 g/mol. The first-order valence-corrected chi connectivity index (χ1v) is 7.67. The van der Waals surface area contributed by atoms with Crippen molar-refractivity contribution >= 4 is 32.7 Å². The van der Waals surface area contributed by atoms with E-state index in [9.17, 15) is 0 Å². The molecule has 21 heavy (non-hydrogen) atoms. The summed E-state index contributed by atoms with van der Waals surface area (Å²) in [4.78, 5) is 8.14. The molecule has 4 nitrogen and oxygen atoms in total. The minimum atomic E-state index is 0.675. The lowest BCUT2D eigenvalue weighted by Crippen LogP contribution is -2.18. The Bertz CT molecular complexity index is 841. The Kier molecular flexibility index (Phi) is 2.89. The van der Waals surface area contributed by atoms with E-state index in [2.05, 4.69) is 39.2 Å². The molecule has 2 aromatic carbocycles. The average molecular weight is 344 g/mol. The summed E-state index contributed by atoms with van der Waals surface area (Å²) in [6, 6.07) is 10.2. The van der Waals surface area contributed by atoms with Gasteiger partial charge in [0.05, 0.1) is 22.3 Å². The third kappa shape index (κ3) is 2.08. The van der Waals surface area contributed by atoms with Crippen LogP contribution in [-0.2, 0) is 0 Å². The van der Waals surface area contributed by atoms with E-state index in [1.165, 1.54) is 0 Å². The van der Waals surface area contributed by atoms with Crippen LogP contribution in [0.15, 0.2) is 34.8 Å². The van der Waals surface area contributed by atoms with Crippen LogP contribution >= 0.6 is 15.9 Å². The van der Waals surface area contributed by atoms with Crippen LogP contribution in [0.3, 0.4) is 0 Å². The molecule has 0 radical (unpaired) electrons. The molecule has 0 saturated heterocycles. The second-order valence-corrected chi connectivity index (χ2v) is 6.08. The quantitative estimate of drug-likeness (QED) is 0.699. The van der Waals surface area contributed by atoms with Crippen LogP contribution < -0.4 is 10.1 Å². The Morgan fingerprint density at radius 1 is 1.29 bits per heavy atom. The van der Waals surface area contributed by atoms with Crippen LogP contribution in [0.25, 0.3) is 22.4 Å². The zero-order chi connectivity index (χ0) is 14.4. The summed E-state index contributed by atoms with van der Waals surface area (Å²) in [7, 11) is 0. The van der Waals surface area contributed by atoms with Gasteiger partial charge in [0.15, 0.2) is 5.75 Å². The van der Waals surface area contributed by atoms with E-state index in [4.69, 9.17) is 9.72 Å². The van der Waals surface area contributed by atoms with Gasteiger partial charge in [-0.15, -0.1) is 0 Å². The van der Waals surface area contributed by atoms with E-state index >= 15 is 0 Å². The molecule has 4 rings (SSSR count). The highest BCUT2D eigenvalue weighted by Crippen LogP contribution is 2.38. The van der Waals surface area contributed by atoms with Crippen molar-refractivity contribution in [2.75, 3.05) is 18.5 Å². The topological polar surface area (TPSA) is 49.9 Å². The number of imidazole rings is 1. The number of aryl methyl sites for hydroxylation is 1. The summed E-state index contributed by atoms with van der Waals surface area (Å²) in [6.07, 6.45) is 0. The van der Waals surface area contributed by atoms with Gasteiger partial charge in [0, 0.05) is 11.0 Å². The van der Waals surface area contributed by atoms with Crippen molar-refractivity contribution in [2.45, 2.75) is 6.92 Å². The molecule has 5 heteroatoms. The third-order valence-electron chi connectivity index (χ3n) is 3.68. The maximum absolute atomic E-state index is 5.83. The third-order valence-corrected chi connectivity index (χ3v) is 4.13. The fourth-order valence-corrected chi connectivity index (χ4v) is 3.30. The SMILES string of the molecule is Cc1cc(Br)cc2[nH]c(-c3cccc4c3OCCN4)nc12. The lowest BCUT2D eigenvalue weighted by Gasteiger charge is -2.20. The molecule has 0 spiro atoms.